The molecule has 16 heteroatoms. The molecule has 0 aromatic heterocycles. The van der Waals surface area contributed by atoms with E-state index in [-0.39, 0.29) is 55.6 Å². The predicted molar refractivity (Wildman–Crippen MR) is 169 cm³/mol. The van der Waals surface area contributed by atoms with E-state index in [2.05, 4.69) is 10.6 Å². The van der Waals surface area contributed by atoms with Gasteiger partial charge >= 0.3 is 13.7 Å². The van der Waals surface area contributed by atoms with E-state index in [0.29, 0.717) is 30.0 Å². The van der Waals surface area contributed by atoms with Gasteiger partial charge in [-0.1, -0.05) is 26.0 Å². The number of nitrogens with zero attached hydrogens (tertiary/aromatic N) is 1. The summed E-state index contributed by atoms with van der Waals surface area (Å²) in [6.07, 6.45) is -2.53. The zero-order chi connectivity index (χ0) is 33.5. The molecular formula is C30H44N3O11PS. The first-order chi connectivity index (χ1) is 21.7. The van der Waals surface area contributed by atoms with E-state index < -0.39 is 48.3 Å². The number of carbonyl (C=O) groups excluding carboxylic acids is 1. The first kappa shape index (κ1) is 36.1. The lowest BCUT2D eigenvalue weighted by atomic mass is 10.0. The molecule has 0 unspecified atom stereocenters. The van der Waals surface area contributed by atoms with Gasteiger partial charge in [0, 0.05) is 25.3 Å². The molecule has 2 heterocycles. The standard InChI is InChI=1S/C30H44N3O11PS/c1-20(2)17-33(46(39,40)24-10-8-23(41-3)9-11-24)18-27(34)26(32-30(35)44-28-19-43-29-25(28)12-14-42-29)16-21-4-6-22(7-5-21)31-13-15-45(36,37)38/h4-11,20,25-29,31,34H,12-19H2,1-3H3,(H,32,35)(H2,36,37,38)/t25-,26-,27+,28-,29+/m0/s1. The molecule has 5 atom stereocenters. The fraction of sp³-hybridized carbons (Fsp3) is 0.567. The quantitative estimate of drug-likeness (QED) is 0.162. The van der Waals surface area contributed by atoms with E-state index in [1.165, 1.54) is 23.5 Å². The summed E-state index contributed by atoms with van der Waals surface area (Å²) >= 11 is 0. The average molecular weight is 686 g/mol. The van der Waals surface area contributed by atoms with Crippen LogP contribution in [0.1, 0.15) is 25.8 Å². The van der Waals surface area contributed by atoms with E-state index in [1.54, 1.807) is 36.4 Å². The predicted octanol–water partition coefficient (Wildman–Crippen LogP) is 2.39. The van der Waals surface area contributed by atoms with Crippen LogP contribution in [0.3, 0.4) is 0 Å². The third-order valence-corrected chi connectivity index (χ3v) is 10.5. The Morgan fingerprint density at radius 3 is 2.41 bits per heavy atom. The van der Waals surface area contributed by atoms with Gasteiger partial charge in [-0.05, 0) is 60.7 Å². The number of anilines is 1. The van der Waals surface area contributed by atoms with Gasteiger partial charge in [-0.15, -0.1) is 0 Å². The zero-order valence-corrected chi connectivity index (χ0v) is 27.9. The zero-order valence-electron chi connectivity index (χ0n) is 26.2. The highest BCUT2D eigenvalue weighted by Gasteiger charge is 2.44. The number of hydrogen-bond acceptors (Lipinski definition) is 10. The molecule has 256 valence electrons. The second kappa shape index (κ2) is 15.9. The first-order valence-electron chi connectivity index (χ1n) is 15.1. The van der Waals surface area contributed by atoms with Crippen LogP contribution < -0.4 is 15.4 Å². The van der Waals surface area contributed by atoms with Crippen molar-refractivity contribution in [2.24, 2.45) is 11.8 Å². The molecule has 2 fully saturated rings. The number of methoxy groups -OCH3 is 1. The molecule has 0 aliphatic carbocycles. The van der Waals surface area contributed by atoms with Gasteiger partial charge in [0.15, 0.2) is 6.29 Å². The number of aliphatic hydroxyl groups excluding tert-OH is 1. The van der Waals surface area contributed by atoms with Crippen LogP contribution in [0, 0.1) is 11.8 Å². The summed E-state index contributed by atoms with van der Waals surface area (Å²) < 4.78 is 61.7. The summed E-state index contributed by atoms with van der Waals surface area (Å²) in [5, 5.41) is 17.2. The van der Waals surface area contributed by atoms with Crippen LogP contribution in [-0.4, -0.2) is 104 Å². The number of aliphatic hydroxyl groups is 1. The second-order valence-corrected chi connectivity index (χ2v) is 15.6. The van der Waals surface area contributed by atoms with E-state index in [4.69, 9.17) is 28.7 Å². The maximum absolute atomic E-state index is 13.7. The summed E-state index contributed by atoms with van der Waals surface area (Å²) in [6, 6.07) is 12.0. The van der Waals surface area contributed by atoms with Crippen LogP contribution in [0.25, 0.3) is 0 Å². The third-order valence-electron chi connectivity index (χ3n) is 7.81. The molecule has 2 aliphatic heterocycles. The van der Waals surface area contributed by atoms with Gasteiger partial charge in [-0.2, -0.15) is 4.31 Å². The molecule has 1 amide bonds. The number of benzene rings is 2. The molecular weight excluding hydrogens is 641 g/mol. The minimum Gasteiger partial charge on any atom is -0.497 e. The summed E-state index contributed by atoms with van der Waals surface area (Å²) in [4.78, 5) is 31.3. The Morgan fingerprint density at radius 2 is 1.78 bits per heavy atom. The number of sulfonamides is 1. The fourth-order valence-electron chi connectivity index (χ4n) is 5.42. The Bertz CT molecular complexity index is 1440. The lowest BCUT2D eigenvalue weighted by molar-refractivity contribution is -0.0907. The van der Waals surface area contributed by atoms with Crippen LogP contribution >= 0.6 is 7.60 Å². The molecule has 2 aromatic carbocycles. The number of rotatable bonds is 16. The van der Waals surface area contributed by atoms with E-state index >= 15 is 0 Å². The smallest absolute Gasteiger partial charge is 0.407 e. The molecule has 5 N–H and O–H groups in total. The number of fused-ring (bicyclic) bond motifs is 1. The molecule has 0 spiro atoms. The highest BCUT2D eigenvalue weighted by Crippen LogP contribution is 2.34. The van der Waals surface area contributed by atoms with Gasteiger partial charge in [-0.3, -0.25) is 4.57 Å². The number of ether oxygens (including phenoxy) is 4. The Kier molecular flexibility index (Phi) is 12.5. The van der Waals surface area contributed by atoms with Crippen molar-refractivity contribution in [1.82, 2.24) is 9.62 Å². The normalized spacial score (nSPS) is 21.2. The van der Waals surface area contributed by atoms with E-state index in [9.17, 15) is 22.9 Å². The minimum absolute atomic E-state index is 0.0430. The number of nitrogens with one attached hydrogen (secondary N) is 2. The molecule has 14 nitrogen and oxygen atoms in total. The Hall–Kier alpha value is -2.75. The van der Waals surface area contributed by atoms with Crippen molar-refractivity contribution in [1.29, 1.82) is 0 Å². The average Bonchev–Trinajstić information content (AvgIpc) is 3.61. The van der Waals surface area contributed by atoms with Gasteiger partial charge in [0.2, 0.25) is 10.0 Å². The molecule has 0 bridgehead atoms. The Balaban J connectivity index is 1.51. The lowest BCUT2D eigenvalue weighted by Gasteiger charge is -2.31. The number of alkyl carbamates (subject to hydrolysis) is 1. The molecule has 2 saturated heterocycles. The maximum Gasteiger partial charge on any atom is 0.407 e. The van der Waals surface area contributed by atoms with Gasteiger partial charge in [0.25, 0.3) is 0 Å². The molecule has 0 radical (unpaired) electrons. The van der Waals surface area contributed by atoms with Crippen LogP contribution in [0.2, 0.25) is 0 Å². The van der Waals surface area contributed by atoms with Crippen molar-refractivity contribution in [2.75, 3.05) is 51.4 Å². The Morgan fingerprint density at radius 1 is 1.09 bits per heavy atom. The summed E-state index contributed by atoms with van der Waals surface area (Å²) in [5.41, 5.74) is 1.34. The molecule has 2 aliphatic rings. The molecule has 46 heavy (non-hydrogen) atoms. The van der Waals surface area contributed by atoms with Crippen LogP contribution in [0.4, 0.5) is 10.5 Å². The molecule has 4 rings (SSSR count). The Labute approximate surface area is 269 Å². The summed E-state index contributed by atoms with van der Waals surface area (Å²) in [6.45, 7) is 4.34. The molecule has 0 saturated carbocycles. The number of amides is 1. The van der Waals surface area contributed by atoms with E-state index in [1.807, 2.05) is 13.8 Å². The first-order valence-corrected chi connectivity index (χ1v) is 18.4. The SMILES string of the molecule is COc1ccc(S(=O)(=O)N(CC(C)C)C[C@@H](O)[C@H](Cc2ccc(NCCP(=O)(O)O)cc2)NC(=O)O[C@H]2CO[C@H]3OCC[C@H]32)cc1. The van der Waals surface area contributed by atoms with Gasteiger partial charge in [0.1, 0.15) is 11.9 Å². The van der Waals surface area contributed by atoms with Crippen molar-refractivity contribution >= 4 is 29.4 Å². The van der Waals surface area contributed by atoms with Crippen LogP contribution in [0.15, 0.2) is 53.4 Å². The van der Waals surface area contributed by atoms with Crippen LogP contribution in [0.5, 0.6) is 5.75 Å². The van der Waals surface area contributed by atoms with Crippen LogP contribution in [-0.2, 0) is 35.2 Å². The lowest BCUT2D eigenvalue weighted by Crippen LogP contribution is -2.51. The van der Waals surface area contributed by atoms with Crippen molar-refractivity contribution in [2.45, 2.75) is 56.1 Å². The highest BCUT2D eigenvalue weighted by atomic mass is 32.2. The van der Waals surface area contributed by atoms with Gasteiger partial charge in [-0.25, -0.2) is 13.2 Å². The second-order valence-electron chi connectivity index (χ2n) is 11.9. The third kappa shape index (κ3) is 10.1. The maximum atomic E-state index is 13.7. The van der Waals surface area contributed by atoms with Gasteiger partial charge in [0.05, 0.1) is 49.4 Å². The van der Waals surface area contributed by atoms with Crippen molar-refractivity contribution in [3.05, 3.63) is 54.1 Å². The monoisotopic (exact) mass is 685 g/mol. The topological polar surface area (TPSA) is 193 Å². The highest BCUT2D eigenvalue weighted by molar-refractivity contribution is 7.89. The summed E-state index contributed by atoms with van der Waals surface area (Å²) in [5.74, 6) is 0.352. The van der Waals surface area contributed by atoms with Crippen molar-refractivity contribution in [3.8, 4) is 5.75 Å². The van der Waals surface area contributed by atoms with Crippen molar-refractivity contribution in [3.63, 3.8) is 0 Å². The summed E-state index contributed by atoms with van der Waals surface area (Å²) in [7, 11) is -6.68. The van der Waals surface area contributed by atoms with Crippen molar-refractivity contribution < 1.29 is 51.6 Å². The van der Waals surface area contributed by atoms with Gasteiger partial charge < -0.3 is 44.5 Å². The number of hydrogen-bond donors (Lipinski definition) is 5. The minimum atomic E-state index is -4.14. The largest absolute Gasteiger partial charge is 0.497 e. The van der Waals surface area contributed by atoms with E-state index in [0.717, 1.165) is 0 Å². The fourth-order valence-corrected chi connectivity index (χ4v) is 7.45. The molecule has 2 aromatic rings. The number of carbonyl (C=O) groups is 1.